The third-order valence-electron chi connectivity index (χ3n) is 2.88. The van der Waals surface area contributed by atoms with Gasteiger partial charge in [0.2, 0.25) is 5.91 Å². The van der Waals surface area contributed by atoms with Gasteiger partial charge in [0.25, 0.3) is 0 Å². The smallest absolute Gasteiger partial charge is 0.239 e. The van der Waals surface area contributed by atoms with Gasteiger partial charge in [-0.3, -0.25) is 4.79 Å². The Morgan fingerprint density at radius 3 is 2.58 bits per heavy atom. The molecule has 0 aliphatic carbocycles. The van der Waals surface area contributed by atoms with Crippen LogP contribution in [0.2, 0.25) is 0 Å². The summed E-state index contributed by atoms with van der Waals surface area (Å²) >= 11 is 0. The highest BCUT2D eigenvalue weighted by atomic mass is 16.1. The summed E-state index contributed by atoms with van der Waals surface area (Å²) in [6.45, 7) is 7.68. The molecule has 0 aromatic carbocycles. The van der Waals surface area contributed by atoms with Crippen molar-refractivity contribution in [3.05, 3.63) is 22.9 Å². The van der Waals surface area contributed by atoms with Crippen LogP contribution in [0, 0.1) is 31.1 Å². The molecule has 5 heteroatoms. The SMILES string of the molecule is Cc1cc(N[C@@H](CC(C)C)C(N)=O)nc(C)c1C#N. The average Bonchev–Trinajstić information content (AvgIpc) is 2.27. The molecule has 1 aromatic heterocycles. The number of carbonyl (C=O) groups is 1. The first-order valence-corrected chi connectivity index (χ1v) is 6.29. The Kier molecular flexibility index (Phi) is 4.87. The van der Waals surface area contributed by atoms with Crippen molar-refractivity contribution in [3.8, 4) is 6.07 Å². The molecule has 0 aliphatic rings. The van der Waals surface area contributed by atoms with E-state index in [1.54, 1.807) is 13.0 Å². The Bertz CT molecular complexity index is 494. The zero-order chi connectivity index (χ0) is 14.6. The Morgan fingerprint density at radius 2 is 2.16 bits per heavy atom. The molecule has 0 bridgehead atoms. The fraction of sp³-hybridized carbons (Fsp3) is 0.500. The Labute approximate surface area is 113 Å². The number of nitriles is 1. The largest absolute Gasteiger partial charge is 0.368 e. The number of carbonyl (C=O) groups excluding carboxylic acids is 1. The number of anilines is 1. The third-order valence-corrected chi connectivity index (χ3v) is 2.88. The number of nitrogens with one attached hydrogen (secondary N) is 1. The predicted octanol–water partition coefficient (Wildman–Crippen LogP) is 1.88. The van der Waals surface area contributed by atoms with E-state index in [1.807, 2.05) is 20.8 Å². The number of hydrogen-bond donors (Lipinski definition) is 2. The minimum atomic E-state index is -0.445. The van der Waals surface area contributed by atoms with Crippen molar-refractivity contribution in [3.63, 3.8) is 0 Å². The molecule has 1 aromatic rings. The van der Waals surface area contributed by atoms with Gasteiger partial charge in [-0.2, -0.15) is 5.26 Å². The number of hydrogen-bond acceptors (Lipinski definition) is 4. The van der Waals surface area contributed by atoms with Gasteiger partial charge >= 0.3 is 0 Å². The number of nitrogens with two attached hydrogens (primary N) is 1. The second-order valence-corrected chi connectivity index (χ2v) is 5.13. The lowest BCUT2D eigenvalue weighted by atomic mass is 10.0. The third kappa shape index (κ3) is 3.95. The molecule has 1 heterocycles. The Hall–Kier alpha value is -2.09. The Balaban J connectivity index is 2.98. The number of primary amides is 1. The molecule has 0 fully saturated rings. The number of amides is 1. The summed E-state index contributed by atoms with van der Waals surface area (Å²) in [5, 5.41) is 12.0. The van der Waals surface area contributed by atoms with E-state index in [0.29, 0.717) is 29.4 Å². The van der Waals surface area contributed by atoms with Crippen LogP contribution in [0.15, 0.2) is 6.07 Å². The molecule has 0 aliphatic heterocycles. The normalized spacial score (nSPS) is 12.0. The molecule has 1 amide bonds. The van der Waals surface area contributed by atoms with E-state index in [4.69, 9.17) is 11.0 Å². The first-order valence-electron chi connectivity index (χ1n) is 6.29. The minimum Gasteiger partial charge on any atom is -0.368 e. The topological polar surface area (TPSA) is 91.8 Å². The highest BCUT2D eigenvalue weighted by Gasteiger charge is 2.18. The van der Waals surface area contributed by atoms with E-state index >= 15 is 0 Å². The van der Waals surface area contributed by atoms with Gasteiger partial charge in [0.1, 0.15) is 17.9 Å². The van der Waals surface area contributed by atoms with E-state index < -0.39 is 11.9 Å². The fourth-order valence-electron chi connectivity index (χ4n) is 1.97. The van der Waals surface area contributed by atoms with E-state index in [0.717, 1.165) is 5.56 Å². The van der Waals surface area contributed by atoms with Gasteiger partial charge in [0.15, 0.2) is 0 Å². The number of rotatable bonds is 5. The highest BCUT2D eigenvalue weighted by molar-refractivity contribution is 5.82. The van der Waals surface area contributed by atoms with Crippen LogP contribution in [-0.2, 0) is 4.79 Å². The maximum atomic E-state index is 11.4. The molecular weight excluding hydrogens is 240 g/mol. The van der Waals surface area contributed by atoms with E-state index in [2.05, 4.69) is 16.4 Å². The average molecular weight is 260 g/mol. The molecule has 102 valence electrons. The number of pyridine rings is 1. The van der Waals surface area contributed by atoms with E-state index in [1.165, 1.54) is 0 Å². The lowest BCUT2D eigenvalue weighted by Crippen LogP contribution is -2.36. The van der Waals surface area contributed by atoms with Gasteiger partial charge in [-0.25, -0.2) is 4.98 Å². The van der Waals surface area contributed by atoms with E-state index in [9.17, 15) is 4.79 Å². The molecule has 3 N–H and O–H groups in total. The summed E-state index contributed by atoms with van der Waals surface area (Å²) in [6, 6.07) is 3.44. The zero-order valence-corrected chi connectivity index (χ0v) is 11.8. The fourth-order valence-corrected chi connectivity index (χ4v) is 1.97. The van der Waals surface area contributed by atoms with Crippen molar-refractivity contribution in [2.75, 3.05) is 5.32 Å². The number of aryl methyl sites for hydroxylation is 2. The molecule has 0 saturated carbocycles. The lowest BCUT2D eigenvalue weighted by molar-refractivity contribution is -0.119. The first kappa shape index (κ1) is 15.0. The van der Waals surface area contributed by atoms with Gasteiger partial charge < -0.3 is 11.1 Å². The lowest BCUT2D eigenvalue weighted by Gasteiger charge is -2.18. The monoisotopic (exact) mass is 260 g/mol. The minimum absolute atomic E-state index is 0.352. The van der Waals surface area contributed by atoms with Crippen LogP contribution in [0.3, 0.4) is 0 Å². The van der Waals surface area contributed by atoms with Crippen molar-refractivity contribution >= 4 is 11.7 Å². The van der Waals surface area contributed by atoms with Gasteiger partial charge in [0, 0.05) is 0 Å². The van der Waals surface area contributed by atoms with Crippen LogP contribution >= 0.6 is 0 Å². The molecule has 0 unspecified atom stereocenters. The van der Waals surface area contributed by atoms with Crippen molar-refractivity contribution in [2.24, 2.45) is 11.7 Å². The molecule has 1 atom stereocenters. The zero-order valence-electron chi connectivity index (χ0n) is 11.8. The summed E-state index contributed by atoms with van der Waals surface area (Å²) in [6.07, 6.45) is 0.648. The highest BCUT2D eigenvalue weighted by Crippen LogP contribution is 2.17. The number of nitrogens with zero attached hydrogens (tertiary/aromatic N) is 2. The molecule has 19 heavy (non-hydrogen) atoms. The van der Waals surface area contributed by atoms with Crippen LogP contribution in [-0.4, -0.2) is 16.9 Å². The molecule has 0 spiro atoms. The van der Waals surface area contributed by atoms with Crippen molar-refractivity contribution in [2.45, 2.75) is 40.2 Å². The first-order chi connectivity index (χ1) is 8.85. The predicted molar refractivity (Wildman–Crippen MR) is 74.5 cm³/mol. The second kappa shape index (κ2) is 6.19. The summed E-state index contributed by atoms with van der Waals surface area (Å²) in [5.41, 5.74) is 7.45. The maximum absolute atomic E-state index is 11.4. The van der Waals surface area contributed by atoms with Crippen LogP contribution < -0.4 is 11.1 Å². The van der Waals surface area contributed by atoms with Gasteiger partial charge in [-0.05, 0) is 37.8 Å². The summed E-state index contributed by atoms with van der Waals surface area (Å²) < 4.78 is 0. The quantitative estimate of drug-likeness (QED) is 0.845. The maximum Gasteiger partial charge on any atom is 0.239 e. The van der Waals surface area contributed by atoms with Crippen LogP contribution in [0.4, 0.5) is 5.82 Å². The van der Waals surface area contributed by atoms with Gasteiger partial charge in [0.05, 0.1) is 11.3 Å². The van der Waals surface area contributed by atoms with Crippen LogP contribution in [0.1, 0.15) is 37.1 Å². The van der Waals surface area contributed by atoms with Crippen LogP contribution in [0.5, 0.6) is 0 Å². The Morgan fingerprint density at radius 1 is 1.53 bits per heavy atom. The van der Waals surface area contributed by atoms with Crippen molar-refractivity contribution < 1.29 is 4.79 Å². The van der Waals surface area contributed by atoms with Crippen molar-refractivity contribution in [1.82, 2.24) is 4.98 Å². The molecule has 5 nitrogen and oxygen atoms in total. The van der Waals surface area contributed by atoms with E-state index in [-0.39, 0.29) is 0 Å². The van der Waals surface area contributed by atoms with Gasteiger partial charge in [-0.1, -0.05) is 13.8 Å². The summed E-state index contributed by atoms with van der Waals surface area (Å²) in [5.74, 6) is 0.541. The second-order valence-electron chi connectivity index (χ2n) is 5.13. The summed E-state index contributed by atoms with van der Waals surface area (Å²) in [4.78, 5) is 15.7. The molecule has 1 rings (SSSR count). The van der Waals surface area contributed by atoms with Crippen LogP contribution in [0.25, 0.3) is 0 Å². The standard InChI is InChI=1S/C14H20N4O/c1-8(2)5-12(14(16)19)18-13-6-9(3)11(7-15)10(4)17-13/h6,8,12H,5H2,1-4H3,(H2,16,19)(H,17,18)/t12-/m0/s1. The number of aromatic nitrogens is 1. The molecule has 0 radical (unpaired) electrons. The van der Waals surface area contributed by atoms with Crippen molar-refractivity contribution in [1.29, 1.82) is 5.26 Å². The molecular formula is C14H20N4O. The van der Waals surface area contributed by atoms with Gasteiger partial charge in [-0.15, -0.1) is 0 Å². The molecule has 0 saturated heterocycles. The summed E-state index contributed by atoms with van der Waals surface area (Å²) in [7, 11) is 0.